The van der Waals surface area contributed by atoms with Crippen LogP contribution in [0.4, 0.5) is 0 Å². The molecule has 0 N–H and O–H groups in total. The zero-order chi connectivity index (χ0) is 14.1. The number of para-hydroxylation sites is 1. The lowest BCUT2D eigenvalue weighted by Crippen LogP contribution is -2.05. The van der Waals surface area contributed by atoms with Gasteiger partial charge in [-0.15, -0.1) is 0 Å². The number of hydrogen-bond acceptors (Lipinski definition) is 2. The van der Waals surface area contributed by atoms with Gasteiger partial charge in [-0.2, -0.15) is 0 Å². The summed E-state index contributed by atoms with van der Waals surface area (Å²) in [5.74, 6) is 1.53. The molecule has 3 heteroatoms. The van der Waals surface area contributed by atoms with Crippen LogP contribution in [0.1, 0.15) is 38.1 Å². The Balaban J connectivity index is 2.34. The first-order chi connectivity index (χ1) is 9.72. The van der Waals surface area contributed by atoms with Gasteiger partial charge in [0.05, 0.1) is 5.69 Å². The molecule has 0 unspecified atom stereocenters. The fourth-order valence-corrected chi connectivity index (χ4v) is 2.63. The molecule has 0 amide bonds. The molecule has 0 aliphatic carbocycles. The smallest absolute Gasteiger partial charge is 0.164 e. The molecule has 102 valence electrons. The Kier molecular flexibility index (Phi) is 3.26. The van der Waals surface area contributed by atoms with E-state index in [1.54, 1.807) is 0 Å². The van der Waals surface area contributed by atoms with E-state index in [0.717, 1.165) is 23.4 Å². The Bertz CT molecular complexity index is 741. The van der Waals surface area contributed by atoms with Crippen molar-refractivity contribution in [3.05, 3.63) is 54.0 Å². The van der Waals surface area contributed by atoms with Gasteiger partial charge >= 0.3 is 0 Å². The van der Waals surface area contributed by atoms with Gasteiger partial charge in [-0.1, -0.05) is 39.0 Å². The monoisotopic (exact) mass is 265 g/mol. The number of benzene rings is 1. The molecule has 0 fully saturated rings. The number of nitrogens with zero attached hydrogens (tertiary/aromatic N) is 3. The van der Waals surface area contributed by atoms with Crippen molar-refractivity contribution < 1.29 is 0 Å². The third-order valence-electron chi connectivity index (χ3n) is 3.60. The van der Waals surface area contributed by atoms with Crippen molar-refractivity contribution in [3.8, 4) is 5.69 Å². The van der Waals surface area contributed by atoms with Gasteiger partial charge in [-0.3, -0.25) is 4.57 Å². The van der Waals surface area contributed by atoms with Crippen LogP contribution in [-0.4, -0.2) is 14.5 Å². The highest BCUT2D eigenvalue weighted by Crippen LogP contribution is 2.27. The predicted octanol–water partition coefficient (Wildman–Crippen LogP) is 4.11. The highest BCUT2D eigenvalue weighted by molar-refractivity contribution is 5.74. The number of hydrogen-bond donors (Lipinski definition) is 0. The quantitative estimate of drug-likeness (QED) is 0.713. The number of imidazole rings is 1. The summed E-state index contributed by atoms with van der Waals surface area (Å²) >= 11 is 0. The van der Waals surface area contributed by atoms with Gasteiger partial charge in [0.25, 0.3) is 0 Å². The normalized spacial score (nSPS) is 11.4. The molecule has 2 heterocycles. The second kappa shape index (κ2) is 5.08. The van der Waals surface area contributed by atoms with Crippen molar-refractivity contribution >= 4 is 11.2 Å². The molecule has 0 spiro atoms. The van der Waals surface area contributed by atoms with Crippen LogP contribution in [0.25, 0.3) is 16.9 Å². The predicted molar refractivity (Wildman–Crippen MR) is 82.3 cm³/mol. The van der Waals surface area contributed by atoms with Crippen molar-refractivity contribution in [3.63, 3.8) is 0 Å². The summed E-state index contributed by atoms with van der Waals surface area (Å²) in [6, 6.07) is 12.5. The topological polar surface area (TPSA) is 30.7 Å². The molecule has 2 aromatic heterocycles. The van der Waals surface area contributed by atoms with Crippen LogP contribution in [0.15, 0.2) is 42.6 Å². The van der Waals surface area contributed by atoms with Gasteiger partial charge in [-0.05, 0) is 29.7 Å². The van der Waals surface area contributed by atoms with E-state index in [2.05, 4.69) is 54.6 Å². The van der Waals surface area contributed by atoms with E-state index in [4.69, 9.17) is 4.98 Å². The van der Waals surface area contributed by atoms with Crippen molar-refractivity contribution in [2.45, 2.75) is 33.1 Å². The van der Waals surface area contributed by atoms with Crippen molar-refractivity contribution in [1.82, 2.24) is 14.5 Å². The molecule has 0 atom stereocenters. The summed E-state index contributed by atoms with van der Waals surface area (Å²) < 4.78 is 2.20. The minimum atomic E-state index is 0.470. The highest BCUT2D eigenvalue weighted by Gasteiger charge is 2.15. The SMILES string of the molecule is CCc1nc2cccnc2n1-c1ccccc1C(C)C. The molecule has 0 radical (unpaired) electrons. The molecule has 20 heavy (non-hydrogen) atoms. The fraction of sp³-hybridized carbons (Fsp3) is 0.294. The highest BCUT2D eigenvalue weighted by atomic mass is 15.1. The number of pyridine rings is 1. The lowest BCUT2D eigenvalue weighted by atomic mass is 10.0. The summed E-state index contributed by atoms with van der Waals surface area (Å²) in [6.45, 7) is 6.57. The standard InChI is InChI=1S/C17H19N3/c1-4-16-19-14-9-7-11-18-17(14)20(16)15-10-6-5-8-13(15)12(2)3/h5-12H,4H2,1-3H3. The van der Waals surface area contributed by atoms with E-state index in [0.29, 0.717) is 5.92 Å². The minimum Gasteiger partial charge on any atom is -0.280 e. The number of aryl methyl sites for hydroxylation is 1. The minimum absolute atomic E-state index is 0.470. The lowest BCUT2D eigenvalue weighted by molar-refractivity contribution is 0.828. The van der Waals surface area contributed by atoms with Gasteiger partial charge in [0.2, 0.25) is 0 Å². The van der Waals surface area contributed by atoms with Gasteiger partial charge < -0.3 is 0 Å². The molecule has 0 bridgehead atoms. The van der Waals surface area contributed by atoms with Gasteiger partial charge in [0, 0.05) is 12.6 Å². The number of rotatable bonds is 3. The molecule has 0 saturated carbocycles. The van der Waals surface area contributed by atoms with E-state index in [-0.39, 0.29) is 0 Å². The van der Waals surface area contributed by atoms with Crippen LogP contribution in [0.5, 0.6) is 0 Å². The molecule has 3 rings (SSSR count). The molecule has 3 nitrogen and oxygen atoms in total. The fourth-order valence-electron chi connectivity index (χ4n) is 2.63. The van der Waals surface area contributed by atoms with E-state index in [9.17, 15) is 0 Å². The maximum Gasteiger partial charge on any atom is 0.164 e. The Morgan fingerprint density at radius 1 is 1.10 bits per heavy atom. The second-order valence-electron chi connectivity index (χ2n) is 5.28. The summed E-state index contributed by atoms with van der Waals surface area (Å²) in [5.41, 5.74) is 4.42. The molecule has 0 saturated heterocycles. The lowest BCUT2D eigenvalue weighted by Gasteiger charge is -2.15. The summed E-state index contributed by atoms with van der Waals surface area (Å²) in [6.07, 6.45) is 2.72. The van der Waals surface area contributed by atoms with E-state index < -0.39 is 0 Å². The van der Waals surface area contributed by atoms with E-state index in [1.165, 1.54) is 11.3 Å². The first-order valence-electron chi connectivity index (χ1n) is 7.14. The van der Waals surface area contributed by atoms with E-state index >= 15 is 0 Å². The van der Waals surface area contributed by atoms with Crippen LogP contribution in [-0.2, 0) is 6.42 Å². The maximum atomic E-state index is 4.71. The van der Waals surface area contributed by atoms with Crippen LogP contribution in [0, 0.1) is 0 Å². The van der Waals surface area contributed by atoms with Crippen molar-refractivity contribution in [2.75, 3.05) is 0 Å². The zero-order valence-electron chi connectivity index (χ0n) is 12.2. The van der Waals surface area contributed by atoms with E-state index in [1.807, 2.05) is 18.3 Å². The third-order valence-corrected chi connectivity index (χ3v) is 3.60. The largest absolute Gasteiger partial charge is 0.280 e. The Labute approximate surface area is 119 Å². The first kappa shape index (κ1) is 12.9. The van der Waals surface area contributed by atoms with Gasteiger partial charge in [0.15, 0.2) is 5.65 Å². The molecule has 1 aromatic carbocycles. The average molecular weight is 265 g/mol. The first-order valence-corrected chi connectivity index (χ1v) is 7.14. The summed E-state index contributed by atoms with van der Waals surface area (Å²) in [5, 5.41) is 0. The van der Waals surface area contributed by atoms with Crippen LogP contribution in [0.3, 0.4) is 0 Å². The summed E-state index contributed by atoms with van der Waals surface area (Å²) in [7, 11) is 0. The summed E-state index contributed by atoms with van der Waals surface area (Å²) in [4.78, 5) is 9.24. The van der Waals surface area contributed by atoms with Crippen LogP contribution in [0.2, 0.25) is 0 Å². The van der Waals surface area contributed by atoms with Gasteiger partial charge in [0.1, 0.15) is 11.3 Å². The third kappa shape index (κ3) is 1.99. The Morgan fingerprint density at radius 2 is 1.90 bits per heavy atom. The molecular formula is C17H19N3. The molecule has 0 aliphatic heterocycles. The van der Waals surface area contributed by atoms with Crippen LogP contribution < -0.4 is 0 Å². The average Bonchev–Trinajstić information content (AvgIpc) is 2.85. The molecule has 0 aliphatic rings. The number of aromatic nitrogens is 3. The number of fused-ring (bicyclic) bond motifs is 1. The van der Waals surface area contributed by atoms with Crippen molar-refractivity contribution in [1.29, 1.82) is 0 Å². The maximum absolute atomic E-state index is 4.71. The second-order valence-corrected chi connectivity index (χ2v) is 5.28. The van der Waals surface area contributed by atoms with Crippen molar-refractivity contribution in [2.24, 2.45) is 0 Å². The Hall–Kier alpha value is -2.16. The Morgan fingerprint density at radius 3 is 2.65 bits per heavy atom. The molecular weight excluding hydrogens is 246 g/mol. The van der Waals surface area contributed by atoms with Gasteiger partial charge in [-0.25, -0.2) is 9.97 Å². The zero-order valence-corrected chi connectivity index (χ0v) is 12.2. The van der Waals surface area contributed by atoms with Crippen LogP contribution >= 0.6 is 0 Å². The molecule has 3 aromatic rings.